The monoisotopic (exact) mass is 230 g/mol. The first-order valence-corrected chi connectivity index (χ1v) is 4.63. The van der Waals surface area contributed by atoms with Crippen molar-refractivity contribution < 1.29 is 24.3 Å². The number of carboxylic acid groups (broad SMARTS) is 1. The maximum absolute atomic E-state index is 11.0. The van der Waals surface area contributed by atoms with Crippen LogP contribution in [0.25, 0.3) is 0 Å². The number of aliphatic carboxylic acids is 1. The Morgan fingerprint density at radius 3 is 2.06 bits per heavy atom. The first kappa shape index (κ1) is 14.1. The number of hydrogen-bond acceptors (Lipinski definition) is 4. The molecule has 0 aliphatic rings. The van der Waals surface area contributed by atoms with E-state index in [0.717, 1.165) is 0 Å². The lowest BCUT2D eigenvalue weighted by atomic mass is 10.1. The second-order valence-electron chi connectivity index (χ2n) is 3.23. The summed E-state index contributed by atoms with van der Waals surface area (Å²) in [6.45, 7) is 2.37. The molecule has 1 atom stereocenters. The van der Waals surface area contributed by atoms with E-state index < -0.39 is 29.7 Å². The summed E-state index contributed by atoms with van der Waals surface area (Å²) in [5.41, 5.74) is 0. The molecule has 3 N–H and O–H groups in total. The summed E-state index contributed by atoms with van der Waals surface area (Å²) >= 11 is 0. The molecule has 0 saturated heterocycles. The summed E-state index contributed by atoms with van der Waals surface area (Å²) in [7, 11) is 0. The van der Waals surface area contributed by atoms with Crippen LogP contribution in [0.1, 0.15) is 26.7 Å². The molecule has 0 fully saturated rings. The minimum absolute atomic E-state index is 0.0615. The average molecular weight is 230 g/mol. The largest absolute Gasteiger partial charge is 0.480 e. The van der Waals surface area contributed by atoms with Crippen molar-refractivity contribution >= 4 is 23.7 Å². The highest BCUT2D eigenvalue weighted by atomic mass is 16.4. The van der Waals surface area contributed by atoms with Crippen molar-refractivity contribution in [2.45, 2.75) is 32.7 Å². The Hall–Kier alpha value is -1.92. The van der Waals surface area contributed by atoms with E-state index >= 15 is 0 Å². The number of nitrogens with one attached hydrogen (secondary N) is 2. The Balaban J connectivity index is 4.11. The highest BCUT2D eigenvalue weighted by Gasteiger charge is 2.19. The molecule has 0 spiro atoms. The molecule has 7 nitrogen and oxygen atoms in total. The van der Waals surface area contributed by atoms with Gasteiger partial charge in [-0.25, -0.2) is 4.79 Å². The zero-order valence-electron chi connectivity index (χ0n) is 9.07. The molecule has 3 amide bonds. The lowest BCUT2D eigenvalue weighted by Gasteiger charge is -2.12. The van der Waals surface area contributed by atoms with Gasteiger partial charge >= 0.3 is 5.97 Å². The van der Waals surface area contributed by atoms with Crippen molar-refractivity contribution in [2.75, 3.05) is 0 Å². The van der Waals surface area contributed by atoms with E-state index in [9.17, 15) is 19.2 Å². The van der Waals surface area contributed by atoms with Crippen molar-refractivity contribution in [3.63, 3.8) is 0 Å². The van der Waals surface area contributed by atoms with Gasteiger partial charge in [-0.1, -0.05) is 0 Å². The number of carbonyl (C=O) groups is 4. The fraction of sp³-hybridized carbons (Fsp3) is 0.556. The first-order chi connectivity index (χ1) is 7.32. The van der Waals surface area contributed by atoms with E-state index in [-0.39, 0.29) is 12.8 Å². The molecule has 0 aliphatic carbocycles. The molecule has 0 unspecified atom stereocenters. The maximum Gasteiger partial charge on any atom is 0.326 e. The molecule has 0 saturated carbocycles. The van der Waals surface area contributed by atoms with Crippen molar-refractivity contribution in [1.29, 1.82) is 0 Å². The first-order valence-electron chi connectivity index (χ1n) is 4.63. The molecule has 0 rings (SSSR count). The molecule has 0 aliphatic heterocycles. The molecule has 90 valence electrons. The zero-order chi connectivity index (χ0) is 12.7. The van der Waals surface area contributed by atoms with Crippen LogP contribution >= 0.6 is 0 Å². The SMILES string of the molecule is CC(=O)NC(=O)CC[C@H](NC(C)=O)C(=O)O. The van der Waals surface area contributed by atoms with E-state index in [0.29, 0.717) is 0 Å². The second kappa shape index (κ2) is 6.54. The summed E-state index contributed by atoms with van der Waals surface area (Å²) in [4.78, 5) is 42.8. The Bertz CT molecular complexity index is 313. The summed E-state index contributed by atoms with van der Waals surface area (Å²) in [6.07, 6.45) is -0.204. The average Bonchev–Trinajstić information content (AvgIpc) is 2.09. The highest BCUT2D eigenvalue weighted by Crippen LogP contribution is 1.98. The van der Waals surface area contributed by atoms with Crippen LogP contribution in [0.4, 0.5) is 0 Å². The van der Waals surface area contributed by atoms with Gasteiger partial charge in [0, 0.05) is 20.3 Å². The Morgan fingerprint density at radius 1 is 1.12 bits per heavy atom. The van der Waals surface area contributed by atoms with Crippen LogP contribution in [0.15, 0.2) is 0 Å². The van der Waals surface area contributed by atoms with E-state index in [2.05, 4.69) is 5.32 Å². The topological polar surface area (TPSA) is 113 Å². The molecular weight excluding hydrogens is 216 g/mol. The summed E-state index contributed by atoms with van der Waals surface area (Å²) in [5.74, 6) is -2.77. The molecule has 16 heavy (non-hydrogen) atoms. The number of hydrogen-bond donors (Lipinski definition) is 3. The molecule has 0 aromatic heterocycles. The van der Waals surface area contributed by atoms with E-state index in [4.69, 9.17) is 5.11 Å². The van der Waals surface area contributed by atoms with Gasteiger partial charge in [0.1, 0.15) is 6.04 Å². The van der Waals surface area contributed by atoms with Crippen molar-refractivity contribution in [1.82, 2.24) is 10.6 Å². The predicted octanol–water partition coefficient (Wildman–Crippen LogP) is -0.981. The van der Waals surface area contributed by atoms with Gasteiger partial charge in [0.15, 0.2) is 0 Å². The van der Waals surface area contributed by atoms with Crippen LogP contribution in [-0.4, -0.2) is 34.8 Å². The van der Waals surface area contributed by atoms with Gasteiger partial charge in [0.05, 0.1) is 0 Å². The fourth-order valence-corrected chi connectivity index (χ4v) is 1.04. The number of carboxylic acids is 1. The summed E-state index contributed by atoms with van der Waals surface area (Å²) in [5, 5.41) is 12.9. The van der Waals surface area contributed by atoms with Gasteiger partial charge < -0.3 is 10.4 Å². The van der Waals surface area contributed by atoms with Crippen LogP contribution in [0.2, 0.25) is 0 Å². The van der Waals surface area contributed by atoms with Crippen LogP contribution in [0, 0.1) is 0 Å². The van der Waals surface area contributed by atoms with E-state index in [1.54, 1.807) is 0 Å². The standard InChI is InChI=1S/C9H14N2O5/c1-5(12)10-7(9(15)16)3-4-8(14)11-6(2)13/h7H,3-4H2,1-2H3,(H,10,12)(H,15,16)(H,11,13,14)/t7-/m0/s1. The van der Waals surface area contributed by atoms with Gasteiger partial charge in [-0.05, 0) is 6.42 Å². The highest BCUT2D eigenvalue weighted by molar-refractivity contribution is 5.94. The minimum atomic E-state index is -1.22. The second-order valence-corrected chi connectivity index (χ2v) is 3.23. The minimum Gasteiger partial charge on any atom is -0.480 e. The lowest BCUT2D eigenvalue weighted by molar-refractivity contribution is -0.141. The molecule has 0 bridgehead atoms. The van der Waals surface area contributed by atoms with Crippen molar-refractivity contribution in [3.05, 3.63) is 0 Å². The van der Waals surface area contributed by atoms with Crippen LogP contribution in [-0.2, 0) is 19.2 Å². The summed E-state index contributed by atoms with van der Waals surface area (Å²) in [6, 6.07) is -1.12. The molecule has 0 radical (unpaired) electrons. The Morgan fingerprint density at radius 2 is 1.69 bits per heavy atom. The predicted molar refractivity (Wildman–Crippen MR) is 53.3 cm³/mol. The molecular formula is C9H14N2O5. The van der Waals surface area contributed by atoms with Crippen LogP contribution in [0.3, 0.4) is 0 Å². The van der Waals surface area contributed by atoms with Gasteiger partial charge in [-0.3, -0.25) is 19.7 Å². The van der Waals surface area contributed by atoms with Gasteiger partial charge in [0.2, 0.25) is 17.7 Å². The summed E-state index contributed by atoms with van der Waals surface area (Å²) < 4.78 is 0. The maximum atomic E-state index is 11.0. The van der Waals surface area contributed by atoms with E-state index in [1.807, 2.05) is 5.32 Å². The quantitative estimate of drug-likeness (QED) is 0.561. The third-order valence-electron chi connectivity index (χ3n) is 1.65. The van der Waals surface area contributed by atoms with Crippen molar-refractivity contribution in [2.24, 2.45) is 0 Å². The Kier molecular flexibility index (Phi) is 5.76. The number of imide groups is 1. The molecule has 0 aromatic carbocycles. The third-order valence-corrected chi connectivity index (χ3v) is 1.65. The molecule has 7 heteroatoms. The number of rotatable bonds is 5. The van der Waals surface area contributed by atoms with Crippen LogP contribution < -0.4 is 10.6 Å². The van der Waals surface area contributed by atoms with Gasteiger partial charge in [-0.2, -0.15) is 0 Å². The Labute approximate surface area is 92.2 Å². The smallest absolute Gasteiger partial charge is 0.326 e. The number of amides is 3. The van der Waals surface area contributed by atoms with Crippen LogP contribution in [0.5, 0.6) is 0 Å². The zero-order valence-corrected chi connectivity index (χ0v) is 9.07. The van der Waals surface area contributed by atoms with Gasteiger partial charge in [0.25, 0.3) is 0 Å². The lowest BCUT2D eigenvalue weighted by Crippen LogP contribution is -2.40. The normalized spacial score (nSPS) is 11.4. The third kappa shape index (κ3) is 6.52. The molecule has 0 heterocycles. The molecule has 0 aromatic rings. The van der Waals surface area contributed by atoms with Crippen molar-refractivity contribution in [3.8, 4) is 0 Å². The fourth-order valence-electron chi connectivity index (χ4n) is 1.04. The van der Waals surface area contributed by atoms with Gasteiger partial charge in [-0.15, -0.1) is 0 Å². The number of carbonyl (C=O) groups excluding carboxylic acids is 3. The van der Waals surface area contributed by atoms with E-state index in [1.165, 1.54) is 13.8 Å².